The number of hydrogen-bond acceptors (Lipinski definition) is 8. The van der Waals surface area contributed by atoms with Crippen LogP contribution in [0.2, 0.25) is 0 Å². The molecule has 0 aromatic heterocycles. The van der Waals surface area contributed by atoms with Crippen LogP contribution in [0.1, 0.15) is 78.9 Å². The van der Waals surface area contributed by atoms with E-state index in [0.29, 0.717) is 19.3 Å². The van der Waals surface area contributed by atoms with E-state index in [1.165, 1.54) is 13.8 Å². The van der Waals surface area contributed by atoms with Crippen LogP contribution in [0.5, 0.6) is 0 Å². The number of carbonyl (C=O) groups excluding carboxylic acids is 3. The molecule has 2 aromatic rings. The van der Waals surface area contributed by atoms with Crippen molar-refractivity contribution in [2.24, 2.45) is 0 Å². The summed E-state index contributed by atoms with van der Waals surface area (Å²) in [6, 6.07) is 16.1. The predicted octanol–water partition coefficient (Wildman–Crippen LogP) is 4.52. The van der Waals surface area contributed by atoms with Crippen molar-refractivity contribution in [2.75, 3.05) is 30.8 Å². The zero-order chi connectivity index (χ0) is 34.7. The molecule has 3 amide bonds. The monoisotopic (exact) mass is 670 g/mol. The number of piperidine rings is 1. The molecule has 1 unspecified atom stereocenters. The number of anilines is 1. The van der Waals surface area contributed by atoms with Crippen LogP contribution in [0.4, 0.5) is 10.5 Å². The quantitative estimate of drug-likeness (QED) is 0.317. The lowest BCUT2D eigenvalue weighted by atomic mass is 9.69. The van der Waals surface area contributed by atoms with E-state index in [1.807, 2.05) is 61.5 Å². The van der Waals surface area contributed by atoms with E-state index in [9.17, 15) is 22.8 Å². The smallest absolute Gasteiger partial charge is 0.408 e. The van der Waals surface area contributed by atoms with Gasteiger partial charge < -0.3 is 30.3 Å². The molecular formula is C35H50N4O7S. The van der Waals surface area contributed by atoms with Gasteiger partial charge in [0.2, 0.25) is 11.8 Å². The molecule has 0 bridgehead atoms. The third-order valence-corrected chi connectivity index (χ3v) is 11.8. The molecule has 2 aromatic carbocycles. The molecule has 2 aliphatic rings. The first-order chi connectivity index (χ1) is 21.9. The topological polar surface area (TPSA) is 143 Å². The van der Waals surface area contributed by atoms with Crippen LogP contribution < -0.4 is 16.0 Å². The van der Waals surface area contributed by atoms with Crippen molar-refractivity contribution >= 4 is 33.4 Å². The van der Waals surface area contributed by atoms with E-state index in [-0.39, 0.29) is 38.0 Å². The number of likely N-dealkylation sites (tertiary alicyclic amines) is 1. The molecule has 2 heterocycles. The number of nitrogens with zero attached hydrogens (tertiary/aromatic N) is 1. The molecule has 47 heavy (non-hydrogen) atoms. The maximum atomic E-state index is 14.1. The number of para-hydroxylation sites is 1. The summed E-state index contributed by atoms with van der Waals surface area (Å²) in [4.78, 5) is 40.5. The Balaban J connectivity index is 1.54. The van der Waals surface area contributed by atoms with Gasteiger partial charge in [0.25, 0.3) is 0 Å². The summed E-state index contributed by atoms with van der Waals surface area (Å²) in [6.07, 6.45) is 0.577. The summed E-state index contributed by atoms with van der Waals surface area (Å²) in [5.41, 5.74) is -0.240. The molecule has 12 heteroatoms. The Morgan fingerprint density at radius 2 is 1.60 bits per heavy atom. The van der Waals surface area contributed by atoms with Crippen LogP contribution in [-0.2, 0) is 40.9 Å². The number of nitrogens with one attached hydrogen (secondary N) is 3. The Bertz CT molecular complexity index is 1550. The molecule has 258 valence electrons. The van der Waals surface area contributed by atoms with Gasteiger partial charge in [0, 0.05) is 24.2 Å². The molecule has 4 rings (SSSR count). The van der Waals surface area contributed by atoms with E-state index in [4.69, 9.17) is 9.47 Å². The zero-order valence-electron chi connectivity index (χ0n) is 28.6. The molecular weight excluding hydrogens is 620 g/mol. The van der Waals surface area contributed by atoms with Gasteiger partial charge in [0.1, 0.15) is 22.1 Å². The van der Waals surface area contributed by atoms with E-state index >= 15 is 0 Å². The van der Waals surface area contributed by atoms with Gasteiger partial charge in [-0.25, -0.2) is 13.2 Å². The summed E-state index contributed by atoms with van der Waals surface area (Å²) < 4.78 is 38.8. The first kappa shape index (κ1) is 36.2. The highest BCUT2D eigenvalue weighted by Gasteiger charge is 2.62. The summed E-state index contributed by atoms with van der Waals surface area (Å²) in [5.74, 6) is -0.869. The second-order valence-corrected chi connectivity index (χ2v) is 16.7. The number of ether oxygens (including phenoxy) is 2. The van der Waals surface area contributed by atoms with Gasteiger partial charge in [-0.05, 0) is 78.0 Å². The Morgan fingerprint density at radius 1 is 0.979 bits per heavy atom. The lowest BCUT2D eigenvalue weighted by Gasteiger charge is -2.48. The van der Waals surface area contributed by atoms with Crippen LogP contribution in [0.3, 0.4) is 0 Å². The molecule has 2 aliphatic heterocycles. The van der Waals surface area contributed by atoms with E-state index in [2.05, 4.69) is 16.0 Å². The summed E-state index contributed by atoms with van der Waals surface area (Å²) in [7, 11) is -3.57. The minimum absolute atomic E-state index is 0.0505. The van der Waals surface area contributed by atoms with Crippen molar-refractivity contribution < 1.29 is 32.3 Å². The molecule has 3 N–H and O–H groups in total. The van der Waals surface area contributed by atoms with Crippen molar-refractivity contribution in [3.8, 4) is 0 Å². The first-order valence-corrected chi connectivity index (χ1v) is 17.9. The summed E-state index contributed by atoms with van der Waals surface area (Å²) in [5, 5.41) is 8.77. The van der Waals surface area contributed by atoms with Gasteiger partial charge >= 0.3 is 6.09 Å². The molecule has 1 spiro atoms. The molecule has 2 atom stereocenters. The van der Waals surface area contributed by atoms with Crippen LogP contribution in [-0.4, -0.2) is 78.7 Å². The van der Waals surface area contributed by atoms with Crippen molar-refractivity contribution in [1.29, 1.82) is 0 Å². The average Bonchev–Trinajstić information content (AvgIpc) is 3.24. The molecule has 1 fully saturated rings. The maximum absolute atomic E-state index is 14.1. The van der Waals surface area contributed by atoms with Crippen molar-refractivity contribution in [2.45, 2.75) is 102 Å². The third kappa shape index (κ3) is 7.75. The predicted molar refractivity (Wildman–Crippen MR) is 182 cm³/mol. The number of alkyl carbamates (subject to hydrolysis) is 1. The Labute approximate surface area is 279 Å². The van der Waals surface area contributed by atoms with Crippen LogP contribution >= 0.6 is 0 Å². The SMILES string of the molecule is CCCS(=O)(=O)C1(C)Nc2ccccc2C12CCN(C(=O)[C@@H](COCc1ccccc1)NC(=O)C(C)(C)NC(=O)OC(C)(C)C)CC2. The molecule has 0 aliphatic carbocycles. The number of sulfone groups is 1. The minimum Gasteiger partial charge on any atom is -0.444 e. The number of amides is 3. The van der Waals surface area contributed by atoms with Gasteiger partial charge in [-0.1, -0.05) is 55.5 Å². The van der Waals surface area contributed by atoms with Gasteiger partial charge in [0.05, 0.1) is 19.0 Å². The highest BCUT2D eigenvalue weighted by Crippen LogP contribution is 2.55. The number of rotatable bonds is 11. The van der Waals surface area contributed by atoms with E-state index in [0.717, 1.165) is 16.8 Å². The van der Waals surface area contributed by atoms with E-state index < -0.39 is 49.3 Å². The molecule has 1 saturated heterocycles. The molecule has 0 saturated carbocycles. The van der Waals surface area contributed by atoms with Gasteiger partial charge in [-0.3, -0.25) is 9.59 Å². The zero-order valence-corrected chi connectivity index (χ0v) is 29.5. The Kier molecular flexibility index (Phi) is 10.7. The number of fused-ring (bicyclic) bond motifs is 2. The van der Waals surface area contributed by atoms with Gasteiger partial charge in [-0.2, -0.15) is 0 Å². The second-order valence-electron chi connectivity index (χ2n) is 14.2. The number of carbonyl (C=O) groups is 3. The van der Waals surface area contributed by atoms with Crippen molar-refractivity contribution in [1.82, 2.24) is 15.5 Å². The molecule has 11 nitrogen and oxygen atoms in total. The standard InChI is InChI=1S/C35H50N4O7S/c1-8-22-47(43,44)34(7)35(26-16-12-13-17-27(26)37-34)18-20-39(21-19-35)29(40)28(24-45-23-25-14-10-9-11-15-25)36-30(41)33(5,6)38-31(42)46-32(2,3)4/h9-17,28,37H,8,18-24H2,1-7H3,(H,36,41)(H,38,42)/t28-,34?/m1/s1. The van der Waals surface area contributed by atoms with Crippen LogP contribution in [0.15, 0.2) is 54.6 Å². The maximum Gasteiger partial charge on any atom is 0.408 e. The number of hydrogen-bond donors (Lipinski definition) is 3. The Hall–Kier alpha value is -3.64. The largest absolute Gasteiger partial charge is 0.444 e. The van der Waals surface area contributed by atoms with Crippen molar-refractivity contribution in [3.63, 3.8) is 0 Å². The minimum atomic E-state index is -3.57. The van der Waals surface area contributed by atoms with Crippen LogP contribution in [0, 0.1) is 0 Å². The van der Waals surface area contributed by atoms with Gasteiger partial charge in [-0.15, -0.1) is 0 Å². The fourth-order valence-electron chi connectivity index (χ4n) is 6.56. The van der Waals surface area contributed by atoms with Crippen LogP contribution in [0.25, 0.3) is 0 Å². The Morgan fingerprint density at radius 3 is 2.21 bits per heavy atom. The first-order valence-electron chi connectivity index (χ1n) is 16.3. The number of benzene rings is 2. The third-order valence-electron chi connectivity index (χ3n) is 9.13. The fourth-order valence-corrected chi connectivity index (χ4v) is 8.69. The fraction of sp³-hybridized carbons (Fsp3) is 0.571. The summed E-state index contributed by atoms with van der Waals surface area (Å²) >= 11 is 0. The highest BCUT2D eigenvalue weighted by atomic mass is 32.2. The molecule has 0 radical (unpaired) electrons. The van der Waals surface area contributed by atoms with Crippen molar-refractivity contribution in [3.05, 3.63) is 65.7 Å². The second kappa shape index (κ2) is 13.8. The average molecular weight is 671 g/mol. The lowest BCUT2D eigenvalue weighted by Crippen LogP contribution is -2.63. The van der Waals surface area contributed by atoms with Gasteiger partial charge in [0.15, 0.2) is 9.84 Å². The highest BCUT2D eigenvalue weighted by molar-refractivity contribution is 7.93. The summed E-state index contributed by atoms with van der Waals surface area (Å²) in [6.45, 7) is 12.6. The normalized spacial score (nSPS) is 19.8. The van der Waals surface area contributed by atoms with E-state index in [1.54, 1.807) is 32.6 Å². The lowest BCUT2D eigenvalue weighted by molar-refractivity contribution is -0.141.